The zero-order valence-electron chi connectivity index (χ0n) is 12.7. The van der Waals surface area contributed by atoms with Crippen LogP contribution in [0.15, 0.2) is 12.3 Å². The molecule has 0 aliphatic carbocycles. The molecule has 22 heavy (non-hydrogen) atoms. The van der Waals surface area contributed by atoms with Crippen LogP contribution in [0.4, 0.5) is 0 Å². The van der Waals surface area contributed by atoms with Gasteiger partial charge in [0.1, 0.15) is 5.75 Å². The lowest BCUT2D eigenvalue weighted by Gasteiger charge is -2.28. The molecule has 3 rings (SSSR count). The summed E-state index contributed by atoms with van der Waals surface area (Å²) in [5.41, 5.74) is 1.22. The highest BCUT2D eigenvalue weighted by Gasteiger charge is 2.35. The second kappa shape index (κ2) is 5.92. The van der Waals surface area contributed by atoms with Crippen molar-refractivity contribution in [2.45, 2.75) is 13.0 Å². The lowest BCUT2D eigenvalue weighted by atomic mass is 10.1. The van der Waals surface area contributed by atoms with Crippen molar-refractivity contribution in [1.82, 2.24) is 15.2 Å². The monoisotopic (exact) mass is 305 g/mol. The molecule has 3 heterocycles. The van der Waals surface area contributed by atoms with Gasteiger partial charge in [-0.15, -0.1) is 0 Å². The maximum absolute atomic E-state index is 12.9. The Morgan fingerprint density at radius 3 is 3.05 bits per heavy atom. The molecule has 2 saturated heterocycles. The molecule has 1 aromatic rings. The summed E-state index contributed by atoms with van der Waals surface area (Å²) in [7, 11) is 1.51. The number of ether oxygens (including phenoxy) is 2. The Kier molecular flexibility index (Phi) is 3.98. The minimum absolute atomic E-state index is 0.0457. The molecule has 118 valence electrons. The lowest BCUT2D eigenvalue weighted by Crippen LogP contribution is -2.44. The second-order valence-electron chi connectivity index (χ2n) is 5.68. The number of carbonyl (C=O) groups excluding carboxylic acids is 2. The van der Waals surface area contributed by atoms with Crippen LogP contribution in [0.1, 0.15) is 16.1 Å². The minimum Gasteiger partial charge on any atom is -0.494 e. The number of hydrogen-bond donors (Lipinski definition) is 1. The fourth-order valence-corrected chi connectivity index (χ4v) is 2.84. The smallest absolute Gasteiger partial charge is 0.257 e. The highest BCUT2D eigenvalue weighted by atomic mass is 16.5. The molecular formula is C15H19N3O4. The van der Waals surface area contributed by atoms with Crippen LogP contribution in [0.5, 0.6) is 5.75 Å². The number of nitrogens with one attached hydrogen (secondary N) is 1. The van der Waals surface area contributed by atoms with Crippen molar-refractivity contribution in [1.29, 1.82) is 0 Å². The molecule has 0 unspecified atom stereocenters. The molecule has 0 aromatic carbocycles. The average molecular weight is 305 g/mol. The second-order valence-corrected chi connectivity index (χ2v) is 5.68. The largest absolute Gasteiger partial charge is 0.494 e. The van der Waals surface area contributed by atoms with Crippen molar-refractivity contribution in [2.24, 2.45) is 5.92 Å². The van der Waals surface area contributed by atoms with Crippen molar-refractivity contribution >= 4 is 11.8 Å². The number of aromatic nitrogens is 1. The molecule has 1 N–H and O–H groups in total. The molecule has 0 saturated carbocycles. The zero-order chi connectivity index (χ0) is 15.7. The summed E-state index contributed by atoms with van der Waals surface area (Å²) in [6.07, 6.45) is 1.55. The van der Waals surface area contributed by atoms with Gasteiger partial charge in [0.25, 0.3) is 5.91 Å². The number of pyridine rings is 1. The highest BCUT2D eigenvalue weighted by molar-refractivity contribution is 5.97. The van der Waals surface area contributed by atoms with E-state index in [-0.39, 0.29) is 23.8 Å². The van der Waals surface area contributed by atoms with Crippen molar-refractivity contribution in [2.75, 3.05) is 33.4 Å². The first kappa shape index (κ1) is 14.8. The van der Waals surface area contributed by atoms with E-state index in [0.29, 0.717) is 37.6 Å². The third kappa shape index (κ3) is 2.76. The van der Waals surface area contributed by atoms with E-state index in [2.05, 4.69) is 10.3 Å². The van der Waals surface area contributed by atoms with Gasteiger partial charge < -0.3 is 19.7 Å². The summed E-state index contributed by atoms with van der Waals surface area (Å²) < 4.78 is 10.7. The van der Waals surface area contributed by atoms with E-state index >= 15 is 0 Å². The van der Waals surface area contributed by atoms with E-state index in [1.807, 2.05) is 6.92 Å². The van der Waals surface area contributed by atoms with Gasteiger partial charge in [0.05, 0.1) is 44.0 Å². The van der Waals surface area contributed by atoms with E-state index in [1.165, 1.54) is 7.11 Å². The Labute approximate surface area is 128 Å². The van der Waals surface area contributed by atoms with Crippen molar-refractivity contribution in [3.05, 3.63) is 23.5 Å². The Bertz CT molecular complexity index is 604. The molecule has 0 radical (unpaired) electrons. The normalized spacial score (nSPS) is 24.5. The molecule has 0 spiro atoms. The van der Waals surface area contributed by atoms with Crippen LogP contribution in [0, 0.1) is 12.8 Å². The SMILES string of the molecule is COc1cnc(C)cc1C(=O)N1C[C@H]2COC[C@@H](C1)C(=O)N2. The van der Waals surface area contributed by atoms with E-state index in [1.54, 1.807) is 17.2 Å². The summed E-state index contributed by atoms with van der Waals surface area (Å²) in [5, 5.41) is 2.92. The highest BCUT2D eigenvalue weighted by Crippen LogP contribution is 2.22. The van der Waals surface area contributed by atoms with E-state index in [4.69, 9.17) is 9.47 Å². The zero-order valence-corrected chi connectivity index (χ0v) is 12.7. The first-order valence-corrected chi connectivity index (χ1v) is 7.26. The van der Waals surface area contributed by atoms with Gasteiger partial charge >= 0.3 is 0 Å². The van der Waals surface area contributed by atoms with Gasteiger partial charge in [0, 0.05) is 18.8 Å². The number of hydrogen-bond acceptors (Lipinski definition) is 5. The maximum atomic E-state index is 12.9. The van der Waals surface area contributed by atoms with E-state index in [9.17, 15) is 9.59 Å². The molecule has 1 aromatic heterocycles. The molecule has 2 fully saturated rings. The molecule has 2 atom stereocenters. The van der Waals surface area contributed by atoms with Gasteiger partial charge in [-0.2, -0.15) is 0 Å². The number of aryl methyl sites for hydroxylation is 1. The summed E-state index contributed by atoms with van der Waals surface area (Å²) in [6, 6.07) is 1.55. The molecule has 2 amide bonds. The van der Waals surface area contributed by atoms with Crippen LogP contribution in [-0.4, -0.2) is 61.2 Å². The standard InChI is InChI=1S/C15H19N3O4/c1-9-3-12(13(21-2)4-16-9)15(20)18-5-10-7-22-8-11(6-18)17-14(10)19/h3-4,10-11H,5-8H2,1-2H3,(H,17,19)/t10-,11+/m1/s1. The van der Waals surface area contributed by atoms with E-state index in [0.717, 1.165) is 5.69 Å². The number of fused-ring (bicyclic) bond motifs is 3. The molecule has 2 aliphatic rings. The Balaban J connectivity index is 1.89. The molecular weight excluding hydrogens is 286 g/mol. The third-order valence-corrected chi connectivity index (χ3v) is 3.98. The average Bonchev–Trinajstić information content (AvgIpc) is 2.75. The number of methoxy groups -OCH3 is 1. The van der Waals surface area contributed by atoms with Gasteiger partial charge in [0.2, 0.25) is 5.91 Å². The first-order chi connectivity index (χ1) is 10.6. The quantitative estimate of drug-likeness (QED) is 0.831. The first-order valence-electron chi connectivity index (χ1n) is 7.26. The fourth-order valence-electron chi connectivity index (χ4n) is 2.84. The van der Waals surface area contributed by atoms with Gasteiger partial charge in [-0.1, -0.05) is 0 Å². The Morgan fingerprint density at radius 2 is 2.27 bits per heavy atom. The van der Waals surface area contributed by atoms with Gasteiger partial charge in [-0.05, 0) is 13.0 Å². The Hall–Kier alpha value is -2.15. The van der Waals surface area contributed by atoms with Crippen LogP contribution in [0.25, 0.3) is 0 Å². The predicted octanol–water partition coefficient (Wildman–Crippen LogP) is -0.0144. The minimum atomic E-state index is -0.328. The van der Waals surface area contributed by atoms with Gasteiger partial charge in [-0.25, -0.2) is 0 Å². The summed E-state index contributed by atoms with van der Waals surface area (Å²) in [4.78, 5) is 30.7. The lowest BCUT2D eigenvalue weighted by molar-refractivity contribution is -0.125. The molecule has 7 nitrogen and oxygen atoms in total. The van der Waals surface area contributed by atoms with Crippen molar-refractivity contribution in [3.63, 3.8) is 0 Å². The molecule has 2 bridgehead atoms. The summed E-state index contributed by atoms with van der Waals surface area (Å²) in [6.45, 7) is 3.39. The van der Waals surface area contributed by atoms with Gasteiger partial charge in [-0.3, -0.25) is 14.6 Å². The van der Waals surface area contributed by atoms with Crippen LogP contribution >= 0.6 is 0 Å². The topological polar surface area (TPSA) is 80.8 Å². The van der Waals surface area contributed by atoms with Crippen molar-refractivity contribution < 1.29 is 19.1 Å². The number of rotatable bonds is 2. The predicted molar refractivity (Wildman–Crippen MR) is 77.7 cm³/mol. The fraction of sp³-hybridized carbons (Fsp3) is 0.533. The Morgan fingerprint density at radius 1 is 1.45 bits per heavy atom. The van der Waals surface area contributed by atoms with Crippen molar-refractivity contribution in [3.8, 4) is 5.75 Å². The third-order valence-electron chi connectivity index (χ3n) is 3.98. The van der Waals surface area contributed by atoms with Crippen LogP contribution in [-0.2, 0) is 9.53 Å². The van der Waals surface area contributed by atoms with Crippen LogP contribution in [0.3, 0.4) is 0 Å². The number of amides is 2. The van der Waals surface area contributed by atoms with Gasteiger partial charge in [0.15, 0.2) is 0 Å². The van der Waals surface area contributed by atoms with E-state index < -0.39 is 0 Å². The van der Waals surface area contributed by atoms with Crippen LogP contribution < -0.4 is 10.1 Å². The van der Waals surface area contributed by atoms with Crippen LogP contribution in [0.2, 0.25) is 0 Å². The molecule has 7 heteroatoms. The number of carbonyl (C=O) groups is 2. The summed E-state index contributed by atoms with van der Waals surface area (Å²) in [5.74, 6) is -0.0719. The number of nitrogens with zero attached hydrogens (tertiary/aromatic N) is 2. The molecule has 2 aliphatic heterocycles. The maximum Gasteiger partial charge on any atom is 0.257 e. The summed E-state index contributed by atoms with van der Waals surface area (Å²) >= 11 is 0.